The Bertz CT molecular complexity index is 775. The van der Waals surface area contributed by atoms with Crippen LogP contribution in [0, 0.1) is 5.92 Å². The lowest BCUT2D eigenvalue weighted by atomic mass is 10.0. The summed E-state index contributed by atoms with van der Waals surface area (Å²) >= 11 is 5.87. The molecule has 0 saturated carbocycles. The minimum Gasteiger partial charge on any atom is -0.493 e. The Morgan fingerprint density at radius 3 is 2.37 bits per heavy atom. The molecule has 0 bridgehead atoms. The lowest BCUT2D eigenvalue weighted by Crippen LogP contribution is -2.49. The molecule has 2 N–H and O–H groups in total. The van der Waals surface area contributed by atoms with Gasteiger partial charge in [-0.25, -0.2) is 0 Å². The van der Waals surface area contributed by atoms with Crippen molar-refractivity contribution in [1.29, 1.82) is 0 Å². The van der Waals surface area contributed by atoms with E-state index in [0.29, 0.717) is 29.5 Å². The summed E-state index contributed by atoms with van der Waals surface area (Å²) in [5, 5.41) is 6.34. The second-order valence-corrected chi connectivity index (χ2v) is 6.91. The van der Waals surface area contributed by atoms with Gasteiger partial charge in [0, 0.05) is 11.6 Å². The van der Waals surface area contributed by atoms with Crippen LogP contribution < -0.4 is 15.4 Å². The topological polar surface area (TPSA) is 67.4 Å². The zero-order valence-electron chi connectivity index (χ0n) is 15.8. The van der Waals surface area contributed by atoms with Gasteiger partial charge in [-0.1, -0.05) is 49.7 Å². The van der Waals surface area contributed by atoms with Crippen molar-refractivity contribution >= 4 is 23.4 Å². The van der Waals surface area contributed by atoms with Gasteiger partial charge in [-0.2, -0.15) is 0 Å². The van der Waals surface area contributed by atoms with Crippen molar-refractivity contribution in [2.75, 3.05) is 6.61 Å². The average Bonchev–Trinajstić information content (AvgIpc) is 2.65. The Morgan fingerprint density at radius 1 is 1.07 bits per heavy atom. The Morgan fingerprint density at radius 2 is 1.74 bits per heavy atom. The van der Waals surface area contributed by atoms with Gasteiger partial charge in [0.1, 0.15) is 11.8 Å². The molecule has 27 heavy (non-hydrogen) atoms. The van der Waals surface area contributed by atoms with Gasteiger partial charge in [0.05, 0.1) is 12.2 Å². The van der Waals surface area contributed by atoms with Crippen molar-refractivity contribution in [2.45, 2.75) is 33.4 Å². The van der Waals surface area contributed by atoms with Crippen molar-refractivity contribution in [3.05, 3.63) is 64.7 Å². The minimum atomic E-state index is -0.653. The number of para-hydroxylation sites is 1. The molecular formula is C21H25ClN2O3. The van der Waals surface area contributed by atoms with Gasteiger partial charge in [0.25, 0.3) is 5.91 Å². The highest BCUT2D eigenvalue weighted by molar-refractivity contribution is 6.30. The van der Waals surface area contributed by atoms with E-state index in [1.807, 2.05) is 32.9 Å². The summed E-state index contributed by atoms with van der Waals surface area (Å²) in [5.74, 6) is -0.137. The molecule has 144 valence electrons. The Labute approximate surface area is 165 Å². The van der Waals surface area contributed by atoms with Crippen molar-refractivity contribution in [3.8, 4) is 5.75 Å². The number of hydrogen-bond donors (Lipinski definition) is 2. The fourth-order valence-corrected chi connectivity index (χ4v) is 2.72. The number of amides is 2. The number of nitrogens with one attached hydrogen (secondary N) is 2. The van der Waals surface area contributed by atoms with E-state index in [0.717, 1.165) is 5.56 Å². The predicted molar refractivity (Wildman–Crippen MR) is 107 cm³/mol. The maximum atomic E-state index is 12.7. The fraction of sp³-hybridized carbons (Fsp3) is 0.333. The highest BCUT2D eigenvalue weighted by atomic mass is 35.5. The zero-order valence-corrected chi connectivity index (χ0v) is 16.5. The highest BCUT2D eigenvalue weighted by Crippen LogP contribution is 2.18. The second-order valence-electron chi connectivity index (χ2n) is 6.47. The molecule has 0 aliphatic heterocycles. The molecule has 0 unspecified atom stereocenters. The SMILES string of the molecule is CCOc1ccccc1C(=O)N[C@@H](C(=O)NCc1ccc(Cl)cc1)C(C)C. The Balaban J connectivity index is 2.04. The molecule has 2 amide bonds. The molecule has 2 aromatic rings. The number of halogens is 1. The summed E-state index contributed by atoms with van der Waals surface area (Å²) in [6.07, 6.45) is 0. The van der Waals surface area contributed by atoms with Crippen LogP contribution in [0.2, 0.25) is 5.02 Å². The van der Waals surface area contributed by atoms with Gasteiger partial charge in [-0.15, -0.1) is 0 Å². The van der Waals surface area contributed by atoms with E-state index in [9.17, 15) is 9.59 Å². The van der Waals surface area contributed by atoms with Crippen LogP contribution in [-0.2, 0) is 11.3 Å². The first-order valence-electron chi connectivity index (χ1n) is 8.97. The van der Waals surface area contributed by atoms with Crippen LogP contribution in [-0.4, -0.2) is 24.5 Å². The summed E-state index contributed by atoms with van der Waals surface area (Å²) in [6, 6.07) is 13.6. The number of carbonyl (C=O) groups excluding carboxylic acids is 2. The normalized spacial score (nSPS) is 11.7. The van der Waals surface area contributed by atoms with E-state index in [1.54, 1.807) is 36.4 Å². The molecule has 1 atom stereocenters. The number of rotatable bonds is 8. The summed E-state index contributed by atoms with van der Waals surface area (Å²) in [4.78, 5) is 25.3. The number of hydrogen-bond acceptors (Lipinski definition) is 3. The summed E-state index contributed by atoms with van der Waals surface area (Å²) in [5.41, 5.74) is 1.35. The monoisotopic (exact) mass is 388 g/mol. The maximum absolute atomic E-state index is 12.7. The highest BCUT2D eigenvalue weighted by Gasteiger charge is 2.25. The summed E-state index contributed by atoms with van der Waals surface area (Å²) < 4.78 is 5.50. The van der Waals surface area contributed by atoms with Crippen molar-refractivity contribution in [1.82, 2.24) is 10.6 Å². The first-order valence-corrected chi connectivity index (χ1v) is 9.35. The van der Waals surface area contributed by atoms with Crippen LogP contribution in [0.25, 0.3) is 0 Å². The third-order valence-corrected chi connectivity index (χ3v) is 4.30. The quantitative estimate of drug-likeness (QED) is 0.722. The molecule has 2 aromatic carbocycles. The van der Waals surface area contributed by atoms with E-state index < -0.39 is 6.04 Å². The lowest BCUT2D eigenvalue weighted by Gasteiger charge is -2.22. The Hall–Kier alpha value is -2.53. The van der Waals surface area contributed by atoms with E-state index in [1.165, 1.54) is 0 Å². The van der Waals surface area contributed by atoms with E-state index in [-0.39, 0.29) is 17.7 Å². The van der Waals surface area contributed by atoms with Gasteiger partial charge in [0.15, 0.2) is 0 Å². The molecule has 0 fully saturated rings. The van der Waals surface area contributed by atoms with Crippen LogP contribution in [0.1, 0.15) is 36.7 Å². The van der Waals surface area contributed by atoms with Crippen LogP contribution in [0.5, 0.6) is 5.75 Å². The predicted octanol–water partition coefficient (Wildman–Crippen LogP) is 3.81. The number of benzene rings is 2. The Kier molecular flexibility index (Phi) is 7.67. The molecule has 0 aliphatic carbocycles. The molecule has 2 rings (SSSR count). The molecular weight excluding hydrogens is 364 g/mol. The third kappa shape index (κ3) is 6.00. The lowest BCUT2D eigenvalue weighted by molar-refractivity contribution is -0.124. The maximum Gasteiger partial charge on any atom is 0.255 e. The smallest absolute Gasteiger partial charge is 0.255 e. The average molecular weight is 389 g/mol. The third-order valence-electron chi connectivity index (χ3n) is 4.05. The van der Waals surface area contributed by atoms with Gasteiger partial charge >= 0.3 is 0 Å². The van der Waals surface area contributed by atoms with Gasteiger partial charge in [0.2, 0.25) is 5.91 Å². The zero-order chi connectivity index (χ0) is 19.8. The molecule has 0 aliphatic rings. The summed E-state index contributed by atoms with van der Waals surface area (Å²) in [6.45, 7) is 6.46. The number of carbonyl (C=O) groups is 2. The van der Waals surface area contributed by atoms with Gasteiger partial charge in [-0.3, -0.25) is 9.59 Å². The van der Waals surface area contributed by atoms with Gasteiger partial charge in [-0.05, 0) is 42.7 Å². The van der Waals surface area contributed by atoms with Crippen LogP contribution in [0.15, 0.2) is 48.5 Å². The molecule has 6 heteroatoms. The second kappa shape index (κ2) is 9.97. The van der Waals surface area contributed by atoms with E-state index in [4.69, 9.17) is 16.3 Å². The molecule has 5 nitrogen and oxygen atoms in total. The fourth-order valence-electron chi connectivity index (χ4n) is 2.59. The van der Waals surface area contributed by atoms with Gasteiger partial charge < -0.3 is 15.4 Å². The largest absolute Gasteiger partial charge is 0.493 e. The van der Waals surface area contributed by atoms with Crippen LogP contribution in [0.3, 0.4) is 0 Å². The molecule has 0 saturated heterocycles. The van der Waals surface area contributed by atoms with Crippen LogP contribution in [0.4, 0.5) is 0 Å². The van der Waals surface area contributed by atoms with Crippen molar-refractivity contribution in [3.63, 3.8) is 0 Å². The van der Waals surface area contributed by atoms with Crippen LogP contribution >= 0.6 is 11.6 Å². The van der Waals surface area contributed by atoms with E-state index >= 15 is 0 Å². The van der Waals surface area contributed by atoms with Crippen molar-refractivity contribution in [2.24, 2.45) is 5.92 Å². The minimum absolute atomic E-state index is 0.0709. The summed E-state index contributed by atoms with van der Waals surface area (Å²) in [7, 11) is 0. The molecule has 0 heterocycles. The first-order chi connectivity index (χ1) is 12.9. The molecule has 0 radical (unpaired) electrons. The van der Waals surface area contributed by atoms with E-state index in [2.05, 4.69) is 10.6 Å². The van der Waals surface area contributed by atoms with Crippen molar-refractivity contribution < 1.29 is 14.3 Å². The first kappa shape index (κ1) is 20.8. The molecule has 0 aromatic heterocycles. The number of ether oxygens (including phenoxy) is 1. The standard InChI is InChI=1S/C21H25ClN2O3/c1-4-27-18-8-6-5-7-17(18)20(25)24-19(14(2)3)21(26)23-13-15-9-11-16(22)12-10-15/h5-12,14,19H,4,13H2,1-3H3,(H,23,26)(H,24,25)/t19-/m1/s1. The molecule has 0 spiro atoms.